The second-order valence-electron chi connectivity index (χ2n) is 8.71. The van der Waals surface area contributed by atoms with E-state index in [1.165, 1.54) is 19.3 Å². The van der Waals surface area contributed by atoms with Crippen LogP contribution in [0.15, 0.2) is 0 Å². The molecule has 6 N–H and O–H groups in total. The molecule has 0 amide bonds. The minimum Gasteiger partial charge on any atom is -0.481 e. The molecule has 0 aromatic rings. The largest absolute Gasteiger partial charge is 0.481 e. The number of carboxylic acids is 1. The van der Waals surface area contributed by atoms with Crippen LogP contribution in [0.4, 0.5) is 0 Å². The van der Waals surface area contributed by atoms with Crippen LogP contribution in [0.1, 0.15) is 51.9 Å². The number of carbonyl (C=O) groups is 2. The molecule has 0 spiro atoms. The molecule has 4 bridgehead atoms. The number of hydrogen-bond donors (Lipinski definition) is 4. The molecule has 0 aromatic carbocycles. The topological polar surface area (TPSA) is 127 Å². The lowest BCUT2D eigenvalue weighted by Gasteiger charge is -2.60. The maximum atomic E-state index is 13.0. The number of carboxylic acid groups (broad SMARTS) is 1. The smallest absolute Gasteiger partial charge is 0.305 e. The molecular weight excluding hydrogens is 308 g/mol. The molecule has 4 fully saturated rings. The van der Waals surface area contributed by atoms with E-state index in [-0.39, 0.29) is 11.2 Å². The first kappa shape index (κ1) is 17.8. The van der Waals surface area contributed by atoms with Gasteiger partial charge in [0.25, 0.3) is 0 Å². The fourth-order valence-electron chi connectivity index (χ4n) is 6.21. The van der Waals surface area contributed by atoms with Crippen LogP contribution >= 0.6 is 0 Å². The van der Waals surface area contributed by atoms with Crippen molar-refractivity contribution in [1.29, 1.82) is 0 Å². The van der Waals surface area contributed by atoms with Crippen molar-refractivity contribution in [3.63, 3.8) is 0 Å². The number of carbonyl (C=O) groups excluding carboxylic acids is 1. The Hall–Kier alpha value is -0.980. The number of aliphatic carboxylic acids is 1. The summed E-state index contributed by atoms with van der Waals surface area (Å²) >= 11 is 0. The Morgan fingerprint density at radius 1 is 1.08 bits per heavy atom. The van der Waals surface area contributed by atoms with Gasteiger partial charge in [-0.1, -0.05) is 0 Å². The lowest BCUT2D eigenvalue weighted by Crippen LogP contribution is -2.59. The van der Waals surface area contributed by atoms with Crippen molar-refractivity contribution in [2.24, 2.45) is 40.6 Å². The van der Waals surface area contributed by atoms with Gasteiger partial charge in [0.1, 0.15) is 0 Å². The summed E-state index contributed by atoms with van der Waals surface area (Å²) in [4.78, 5) is 24.0. The zero-order valence-corrected chi connectivity index (χ0v) is 14.4. The van der Waals surface area contributed by atoms with Gasteiger partial charge in [-0.05, 0) is 68.6 Å². The van der Waals surface area contributed by atoms with Gasteiger partial charge >= 0.3 is 5.97 Å². The van der Waals surface area contributed by atoms with E-state index >= 15 is 0 Å². The van der Waals surface area contributed by atoms with Crippen LogP contribution in [-0.4, -0.2) is 40.2 Å². The molecule has 4 saturated carbocycles. The summed E-state index contributed by atoms with van der Waals surface area (Å²) in [6.07, 6.45) is 5.17. The highest BCUT2D eigenvalue weighted by atomic mass is 16.4. The van der Waals surface area contributed by atoms with E-state index in [2.05, 4.69) is 0 Å². The summed E-state index contributed by atoms with van der Waals surface area (Å²) in [5.74, 6) is -0.160. The first-order valence-corrected chi connectivity index (χ1v) is 9.16. The molecule has 0 aliphatic heterocycles. The number of nitrogens with two attached hydrogens (primary N) is 2. The molecule has 4 atom stereocenters. The monoisotopic (exact) mass is 338 g/mol. The van der Waals surface area contributed by atoms with Gasteiger partial charge in [-0.15, -0.1) is 0 Å². The lowest BCUT2D eigenvalue weighted by atomic mass is 9.45. The number of rotatable bonds is 7. The van der Waals surface area contributed by atoms with E-state index in [9.17, 15) is 14.7 Å². The highest BCUT2D eigenvalue weighted by molar-refractivity contribution is 5.90. The molecular formula is C18H30N2O4. The van der Waals surface area contributed by atoms with Crippen molar-refractivity contribution < 1.29 is 19.8 Å². The summed E-state index contributed by atoms with van der Waals surface area (Å²) in [6, 6.07) is -1.61. The standard InChI is InChI=1S/C18H30N2O4/c1-9(19)16(23)15(17(24)13(20)5-14(21)22)18-6-10-2-11(7-18)4-12(3-10)8-18/h9-13,15-16,23H,2-8,19-20H2,1H3,(H,21,22)/t9?,10?,11?,12?,13-,15?,16?,18?/m0/s1. The Morgan fingerprint density at radius 2 is 1.54 bits per heavy atom. The number of ketones is 1. The molecule has 0 saturated heterocycles. The predicted octanol–water partition coefficient (Wildman–Crippen LogP) is 0.898. The lowest BCUT2D eigenvalue weighted by molar-refractivity contribution is -0.155. The van der Waals surface area contributed by atoms with Crippen molar-refractivity contribution >= 4 is 11.8 Å². The molecule has 4 aliphatic rings. The van der Waals surface area contributed by atoms with Gasteiger partial charge in [-0.25, -0.2) is 0 Å². The molecule has 24 heavy (non-hydrogen) atoms. The van der Waals surface area contributed by atoms with Gasteiger partial charge in [0.05, 0.1) is 24.5 Å². The van der Waals surface area contributed by atoms with Crippen LogP contribution in [0.5, 0.6) is 0 Å². The van der Waals surface area contributed by atoms with Crippen LogP contribution in [0.2, 0.25) is 0 Å². The first-order chi connectivity index (χ1) is 11.2. The van der Waals surface area contributed by atoms with E-state index in [0.29, 0.717) is 17.8 Å². The van der Waals surface area contributed by atoms with Gasteiger partial charge in [0.15, 0.2) is 5.78 Å². The average Bonchev–Trinajstić information content (AvgIpc) is 2.44. The molecule has 6 heteroatoms. The highest BCUT2D eigenvalue weighted by Gasteiger charge is 2.58. The van der Waals surface area contributed by atoms with Crippen LogP contribution in [0.25, 0.3) is 0 Å². The third kappa shape index (κ3) is 3.11. The SMILES string of the molecule is CC(N)C(O)C(C(=O)[C@@H](N)CC(=O)O)C12CC3CC(CC(C3)C1)C2. The van der Waals surface area contributed by atoms with Crippen molar-refractivity contribution in [1.82, 2.24) is 0 Å². The third-order valence-electron chi connectivity index (χ3n) is 6.69. The molecule has 6 nitrogen and oxygen atoms in total. The van der Waals surface area contributed by atoms with Crippen molar-refractivity contribution in [3.8, 4) is 0 Å². The van der Waals surface area contributed by atoms with Crippen LogP contribution < -0.4 is 11.5 Å². The predicted molar refractivity (Wildman–Crippen MR) is 89.0 cm³/mol. The summed E-state index contributed by atoms with van der Waals surface area (Å²) in [7, 11) is 0. The second-order valence-corrected chi connectivity index (χ2v) is 8.71. The van der Waals surface area contributed by atoms with E-state index in [4.69, 9.17) is 16.6 Å². The number of aliphatic hydroxyl groups excluding tert-OH is 1. The maximum Gasteiger partial charge on any atom is 0.305 e. The van der Waals surface area contributed by atoms with Crippen LogP contribution in [0, 0.1) is 29.1 Å². The van der Waals surface area contributed by atoms with E-state index in [1.807, 2.05) is 0 Å². The first-order valence-electron chi connectivity index (χ1n) is 9.16. The van der Waals surface area contributed by atoms with E-state index in [1.54, 1.807) is 6.92 Å². The fraction of sp³-hybridized carbons (Fsp3) is 0.889. The minimum atomic E-state index is -1.09. The van der Waals surface area contributed by atoms with E-state index < -0.39 is 36.5 Å². The van der Waals surface area contributed by atoms with Gasteiger partial charge in [0.2, 0.25) is 0 Å². The molecule has 0 aromatic heterocycles. The summed E-state index contributed by atoms with van der Waals surface area (Å²) < 4.78 is 0. The van der Waals surface area contributed by atoms with Gasteiger partial charge in [-0.3, -0.25) is 9.59 Å². The maximum absolute atomic E-state index is 13.0. The van der Waals surface area contributed by atoms with Crippen LogP contribution in [-0.2, 0) is 9.59 Å². The molecule has 4 rings (SSSR count). The van der Waals surface area contributed by atoms with Crippen molar-refractivity contribution in [3.05, 3.63) is 0 Å². The second kappa shape index (κ2) is 6.39. The van der Waals surface area contributed by atoms with E-state index in [0.717, 1.165) is 19.3 Å². The van der Waals surface area contributed by atoms with Gasteiger partial charge in [0, 0.05) is 6.04 Å². The zero-order valence-electron chi connectivity index (χ0n) is 14.4. The number of aliphatic hydroxyl groups is 1. The van der Waals surface area contributed by atoms with Gasteiger partial charge in [-0.2, -0.15) is 0 Å². The molecule has 4 aliphatic carbocycles. The quantitative estimate of drug-likeness (QED) is 0.546. The Kier molecular flexibility index (Phi) is 4.75. The molecule has 0 heterocycles. The Morgan fingerprint density at radius 3 is 1.92 bits per heavy atom. The molecule has 3 unspecified atom stereocenters. The Labute approximate surface area is 143 Å². The highest BCUT2D eigenvalue weighted by Crippen LogP contribution is 2.63. The summed E-state index contributed by atoms with van der Waals surface area (Å²) in [6.45, 7) is 1.70. The number of Topliss-reactive ketones (excluding diaryl/α,β-unsaturated/α-hetero) is 1. The summed E-state index contributed by atoms with van der Waals surface area (Å²) in [5, 5.41) is 19.7. The fourth-order valence-corrected chi connectivity index (χ4v) is 6.21. The van der Waals surface area contributed by atoms with Gasteiger partial charge < -0.3 is 21.7 Å². The Balaban J connectivity index is 1.90. The van der Waals surface area contributed by atoms with Crippen molar-refractivity contribution in [2.75, 3.05) is 0 Å². The third-order valence-corrected chi connectivity index (χ3v) is 6.69. The normalized spacial score (nSPS) is 39.2. The number of hydrogen-bond acceptors (Lipinski definition) is 5. The molecule has 0 radical (unpaired) electrons. The summed E-state index contributed by atoms with van der Waals surface area (Å²) in [5.41, 5.74) is 11.6. The van der Waals surface area contributed by atoms with Crippen molar-refractivity contribution in [2.45, 2.75) is 70.1 Å². The van der Waals surface area contributed by atoms with Crippen LogP contribution in [0.3, 0.4) is 0 Å². The molecule has 136 valence electrons. The average molecular weight is 338 g/mol. The Bertz CT molecular complexity index is 484. The minimum absolute atomic E-state index is 0.241. The zero-order chi connectivity index (χ0) is 17.6.